The molecule has 0 radical (unpaired) electrons. The number of fused-ring (bicyclic) bond motifs is 3. The van der Waals surface area contributed by atoms with Crippen molar-refractivity contribution in [2.24, 2.45) is 0 Å². The molecule has 1 aliphatic heterocycles. The molecule has 4 heteroatoms. The fourth-order valence-electron chi connectivity index (χ4n) is 3.48. The van der Waals surface area contributed by atoms with Gasteiger partial charge in [0.05, 0.1) is 10.8 Å². The van der Waals surface area contributed by atoms with Gasteiger partial charge >= 0.3 is 5.63 Å². The number of likely N-dealkylation sites (tertiary alicyclic amines) is 1. The molecule has 1 aromatic heterocycles. The van der Waals surface area contributed by atoms with Crippen LogP contribution in [0, 0.1) is 0 Å². The van der Waals surface area contributed by atoms with Crippen molar-refractivity contribution in [1.82, 2.24) is 4.90 Å². The van der Waals surface area contributed by atoms with Crippen LogP contribution in [0.1, 0.15) is 19.3 Å². The van der Waals surface area contributed by atoms with Crippen LogP contribution in [0.2, 0.25) is 0 Å². The van der Waals surface area contributed by atoms with E-state index in [1.165, 1.54) is 19.3 Å². The van der Waals surface area contributed by atoms with Gasteiger partial charge in [0, 0.05) is 11.9 Å². The highest BCUT2D eigenvalue weighted by Gasteiger charge is 2.13. The number of rotatable bonds is 4. The molecule has 4 nitrogen and oxygen atoms in total. The second kappa shape index (κ2) is 6.65. The number of ether oxygens (including phenoxy) is 1. The lowest BCUT2D eigenvalue weighted by molar-refractivity contribution is 0.184. The zero-order valence-electron chi connectivity index (χ0n) is 13.7. The molecule has 1 fully saturated rings. The molecule has 2 aromatic carbocycles. The molecule has 0 aliphatic carbocycles. The average molecular weight is 323 g/mol. The van der Waals surface area contributed by atoms with E-state index in [-0.39, 0.29) is 5.63 Å². The Morgan fingerprint density at radius 3 is 2.58 bits per heavy atom. The number of piperidine rings is 1. The summed E-state index contributed by atoms with van der Waals surface area (Å²) in [5.41, 5.74) is 0.276. The topological polar surface area (TPSA) is 42.7 Å². The van der Waals surface area contributed by atoms with Crippen LogP contribution in [0.3, 0.4) is 0 Å². The van der Waals surface area contributed by atoms with Crippen LogP contribution in [0.25, 0.3) is 21.7 Å². The van der Waals surface area contributed by atoms with Crippen molar-refractivity contribution in [1.29, 1.82) is 0 Å². The van der Waals surface area contributed by atoms with Crippen LogP contribution in [0.4, 0.5) is 0 Å². The molecule has 0 unspecified atom stereocenters. The summed E-state index contributed by atoms with van der Waals surface area (Å²) in [6, 6.07) is 13.2. The standard InChI is InChI=1S/C20H21NO3/c22-20-16-8-3-2-7-15(16)19-17(9-6-10-18(19)24-20)23-14-13-21-11-4-1-5-12-21/h2-3,6-10H,1,4-5,11-14H2. The normalized spacial score (nSPS) is 15.8. The maximum absolute atomic E-state index is 12.1. The molecule has 24 heavy (non-hydrogen) atoms. The van der Waals surface area contributed by atoms with Crippen molar-refractivity contribution in [2.75, 3.05) is 26.2 Å². The Morgan fingerprint density at radius 1 is 0.958 bits per heavy atom. The Balaban J connectivity index is 1.65. The predicted octanol–water partition coefficient (Wildman–Crippen LogP) is 3.81. The number of hydrogen-bond donors (Lipinski definition) is 0. The van der Waals surface area contributed by atoms with Crippen molar-refractivity contribution in [3.05, 3.63) is 52.9 Å². The molecule has 0 saturated carbocycles. The summed E-state index contributed by atoms with van der Waals surface area (Å²) in [6.07, 6.45) is 3.90. The maximum atomic E-state index is 12.1. The number of hydrogen-bond acceptors (Lipinski definition) is 4. The van der Waals surface area contributed by atoms with Crippen molar-refractivity contribution >= 4 is 21.7 Å². The summed E-state index contributed by atoms with van der Waals surface area (Å²) in [5.74, 6) is 0.782. The lowest BCUT2D eigenvalue weighted by Crippen LogP contribution is -2.33. The lowest BCUT2D eigenvalue weighted by Gasteiger charge is -2.26. The SMILES string of the molecule is O=c1oc2cccc(OCCN3CCCCC3)c2c2ccccc12. The van der Waals surface area contributed by atoms with Gasteiger partial charge in [-0.2, -0.15) is 0 Å². The van der Waals surface area contributed by atoms with E-state index in [1.54, 1.807) is 6.07 Å². The van der Waals surface area contributed by atoms with Crippen LogP contribution in [0.15, 0.2) is 51.7 Å². The third-order valence-electron chi connectivity index (χ3n) is 4.72. The first-order valence-corrected chi connectivity index (χ1v) is 8.63. The Hall–Kier alpha value is -2.33. The fourth-order valence-corrected chi connectivity index (χ4v) is 3.48. The van der Waals surface area contributed by atoms with E-state index in [1.807, 2.05) is 36.4 Å². The second-order valence-corrected chi connectivity index (χ2v) is 6.32. The summed E-state index contributed by atoms with van der Waals surface area (Å²) in [7, 11) is 0. The van der Waals surface area contributed by atoms with Gasteiger partial charge in [-0.3, -0.25) is 4.90 Å². The molecular formula is C20H21NO3. The highest BCUT2D eigenvalue weighted by molar-refractivity contribution is 6.07. The van der Waals surface area contributed by atoms with Crippen LogP contribution in [0.5, 0.6) is 5.75 Å². The number of nitrogens with zero attached hydrogens (tertiary/aromatic N) is 1. The zero-order chi connectivity index (χ0) is 16.4. The first-order valence-electron chi connectivity index (χ1n) is 8.63. The van der Waals surface area contributed by atoms with Crippen molar-refractivity contribution in [2.45, 2.75) is 19.3 Å². The molecule has 0 atom stereocenters. The molecule has 0 amide bonds. The maximum Gasteiger partial charge on any atom is 0.344 e. The van der Waals surface area contributed by atoms with Gasteiger partial charge < -0.3 is 9.15 Å². The van der Waals surface area contributed by atoms with Gasteiger partial charge in [0.1, 0.15) is 17.9 Å². The summed E-state index contributed by atoms with van der Waals surface area (Å²) in [4.78, 5) is 14.6. The molecule has 4 rings (SSSR count). The van der Waals surface area contributed by atoms with Crippen molar-refractivity contribution in [3.63, 3.8) is 0 Å². The summed E-state index contributed by atoms with van der Waals surface area (Å²) >= 11 is 0. The Morgan fingerprint density at radius 2 is 1.75 bits per heavy atom. The average Bonchev–Trinajstić information content (AvgIpc) is 2.63. The summed E-state index contributed by atoms with van der Waals surface area (Å²) < 4.78 is 11.5. The predicted molar refractivity (Wildman–Crippen MR) is 95.8 cm³/mol. The monoisotopic (exact) mass is 323 g/mol. The van der Waals surface area contributed by atoms with Crippen LogP contribution < -0.4 is 10.4 Å². The van der Waals surface area contributed by atoms with E-state index in [9.17, 15) is 4.79 Å². The molecule has 0 N–H and O–H groups in total. The Bertz CT molecular complexity index is 910. The first kappa shape index (κ1) is 15.2. The van der Waals surface area contributed by atoms with Crippen molar-refractivity contribution in [3.8, 4) is 5.75 Å². The zero-order valence-corrected chi connectivity index (χ0v) is 13.7. The number of benzene rings is 2. The highest BCUT2D eigenvalue weighted by atomic mass is 16.5. The van der Waals surface area contributed by atoms with Gasteiger partial charge in [0.25, 0.3) is 0 Å². The second-order valence-electron chi connectivity index (χ2n) is 6.32. The molecule has 3 aromatic rings. The van der Waals surface area contributed by atoms with E-state index in [0.717, 1.165) is 36.2 Å². The van der Waals surface area contributed by atoms with Gasteiger partial charge in [-0.25, -0.2) is 4.79 Å². The van der Waals surface area contributed by atoms with Crippen LogP contribution in [-0.2, 0) is 0 Å². The third-order valence-corrected chi connectivity index (χ3v) is 4.72. The molecular weight excluding hydrogens is 302 g/mol. The molecule has 1 aliphatic rings. The summed E-state index contributed by atoms with van der Waals surface area (Å²) in [6.45, 7) is 3.91. The van der Waals surface area contributed by atoms with E-state index < -0.39 is 0 Å². The smallest absolute Gasteiger partial charge is 0.344 e. The Kier molecular flexibility index (Phi) is 4.22. The van der Waals surface area contributed by atoms with Gasteiger partial charge in [-0.1, -0.05) is 30.7 Å². The fraction of sp³-hybridized carbons (Fsp3) is 0.350. The van der Waals surface area contributed by atoms with Gasteiger partial charge in [-0.15, -0.1) is 0 Å². The summed E-state index contributed by atoms with van der Waals surface area (Å²) in [5, 5.41) is 2.36. The molecule has 0 spiro atoms. The molecule has 1 saturated heterocycles. The van der Waals surface area contributed by atoms with Crippen molar-refractivity contribution < 1.29 is 9.15 Å². The van der Waals surface area contributed by atoms with E-state index in [2.05, 4.69) is 4.90 Å². The third kappa shape index (κ3) is 2.89. The van der Waals surface area contributed by atoms with Gasteiger partial charge in [0.15, 0.2) is 0 Å². The molecule has 0 bridgehead atoms. The van der Waals surface area contributed by atoms with Crippen LogP contribution >= 0.6 is 0 Å². The minimum Gasteiger partial charge on any atom is -0.491 e. The Labute approximate surface area is 140 Å². The quantitative estimate of drug-likeness (QED) is 0.541. The highest BCUT2D eigenvalue weighted by Crippen LogP contribution is 2.31. The van der Waals surface area contributed by atoms with E-state index >= 15 is 0 Å². The van der Waals surface area contributed by atoms with Crippen LogP contribution in [-0.4, -0.2) is 31.1 Å². The molecule has 124 valence electrons. The first-order chi connectivity index (χ1) is 11.8. The van der Waals surface area contributed by atoms with Gasteiger partial charge in [0.2, 0.25) is 0 Å². The lowest BCUT2D eigenvalue weighted by atomic mass is 10.1. The van der Waals surface area contributed by atoms with E-state index in [0.29, 0.717) is 17.6 Å². The minimum absolute atomic E-state index is 0.302. The molecule has 2 heterocycles. The van der Waals surface area contributed by atoms with E-state index in [4.69, 9.17) is 9.15 Å². The minimum atomic E-state index is -0.302. The van der Waals surface area contributed by atoms with Gasteiger partial charge in [-0.05, 0) is 44.1 Å². The largest absolute Gasteiger partial charge is 0.491 e.